The monoisotopic (exact) mass is 357 g/mol. The molecule has 2 rings (SSSR count). The standard InChI is InChI=1S/C17H18F3NO2S/c1-10-8-13(23-16(19)20)14(24-10)15(22)21-9-17(2,3)11-6-4-5-7-12(11)18/h4-8,16H,9H2,1-3H3,(H,21,22). The smallest absolute Gasteiger partial charge is 0.387 e. The molecule has 0 aliphatic heterocycles. The second-order valence-corrected chi connectivity index (χ2v) is 7.23. The highest BCUT2D eigenvalue weighted by molar-refractivity contribution is 7.14. The molecule has 0 spiro atoms. The zero-order valence-electron chi connectivity index (χ0n) is 13.5. The van der Waals surface area contributed by atoms with Crippen molar-refractivity contribution in [2.45, 2.75) is 32.8 Å². The van der Waals surface area contributed by atoms with Gasteiger partial charge in [-0.15, -0.1) is 11.3 Å². The van der Waals surface area contributed by atoms with Crippen molar-refractivity contribution >= 4 is 17.2 Å². The fraction of sp³-hybridized carbons (Fsp3) is 0.353. The number of rotatable bonds is 6. The van der Waals surface area contributed by atoms with Gasteiger partial charge < -0.3 is 10.1 Å². The quantitative estimate of drug-likeness (QED) is 0.826. The molecule has 0 radical (unpaired) electrons. The number of nitrogens with one attached hydrogen (secondary N) is 1. The molecule has 0 bridgehead atoms. The van der Waals surface area contributed by atoms with Gasteiger partial charge in [0.15, 0.2) is 0 Å². The first-order valence-electron chi connectivity index (χ1n) is 7.29. The van der Waals surface area contributed by atoms with E-state index in [4.69, 9.17) is 0 Å². The van der Waals surface area contributed by atoms with Crippen LogP contribution in [0.3, 0.4) is 0 Å². The van der Waals surface area contributed by atoms with E-state index < -0.39 is 17.9 Å². The van der Waals surface area contributed by atoms with Crippen molar-refractivity contribution in [1.82, 2.24) is 5.32 Å². The predicted octanol–water partition coefficient (Wildman–Crippen LogP) is 4.50. The Morgan fingerprint density at radius 2 is 2.00 bits per heavy atom. The molecule has 3 nitrogen and oxygen atoms in total. The third kappa shape index (κ3) is 4.29. The minimum atomic E-state index is -3.00. The van der Waals surface area contributed by atoms with Crippen molar-refractivity contribution in [1.29, 1.82) is 0 Å². The number of benzene rings is 1. The molecule has 2 aromatic rings. The van der Waals surface area contributed by atoms with E-state index in [1.165, 1.54) is 12.1 Å². The summed E-state index contributed by atoms with van der Waals surface area (Å²) in [6.07, 6.45) is 0. The van der Waals surface area contributed by atoms with Crippen LogP contribution in [0.2, 0.25) is 0 Å². The van der Waals surface area contributed by atoms with Crippen molar-refractivity contribution in [2.75, 3.05) is 6.54 Å². The molecule has 1 N–H and O–H groups in total. The van der Waals surface area contributed by atoms with Crippen molar-refractivity contribution in [3.05, 3.63) is 51.5 Å². The molecule has 0 saturated heterocycles. The lowest BCUT2D eigenvalue weighted by Crippen LogP contribution is -2.37. The van der Waals surface area contributed by atoms with Gasteiger partial charge in [0.05, 0.1) is 0 Å². The molecule has 1 aromatic carbocycles. The van der Waals surface area contributed by atoms with E-state index >= 15 is 0 Å². The van der Waals surface area contributed by atoms with Crippen molar-refractivity contribution < 1.29 is 22.7 Å². The van der Waals surface area contributed by atoms with Gasteiger partial charge in [-0.25, -0.2) is 4.39 Å². The van der Waals surface area contributed by atoms with Crippen LogP contribution in [0.1, 0.15) is 34.0 Å². The van der Waals surface area contributed by atoms with Crippen LogP contribution >= 0.6 is 11.3 Å². The predicted molar refractivity (Wildman–Crippen MR) is 87.4 cm³/mol. The first-order chi connectivity index (χ1) is 11.2. The fourth-order valence-electron chi connectivity index (χ4n) is 2.32. The Balaban J connectivity index is 2.12. The third-order valence-corrected chi connectivity index (χ3v) is 4.57. The van der Waals surface area contributed by atoms with Gasteiger partial charge in [-0.05, 0) is 24.6 Å². The summed E-state index contributed by atoms with van der Waals surface area (Å²) in [5, 5.41) is 2.67. The number of carbonyl (C=O) groups is 1. The summed E-state index contributed by atoms with van der Waals surface area (Å²) in [5.41, 5.74) is -0.187. The van der Waals surface area contributed by atoms with Gasteiger partial charge in [-0.1, -0.05) is 32.0 Å². The Morgan fingerprint density at radius 1 is 1.33 bits per heavy atom. The van der Waals surface area contributed by atoms with E-state index in [1.807, 2.05) is 0 Å². The second-order valence-electron chi connectivity index (χ2n) is 5.98. The summed E-state index contributed by atoms with van der Waals surface area (Å²) < 4.78 is 43.2. The molecular formula is C17H18F3NO2S. The number of halogens is 3. The number of amides is 1. The summed E-state index contributed by atoms with van der Waals surface area (Å²) in [7, 11) is 0. The van der Waals surface area contributed by atoms with E-state index in [1.54, 1.807) is 39.0 Å². The van der Waals surface area contributed by atoms with Gasteiger partial charge in [-0.3, -0.25) is 4.79 Å². The summed E-state index contributed by atoms with van der Waals surface area (Å²) in [5.74, 6) is -1.02. The highest BCUT2D eigenvalue weighted by atomic mass is 32.1. The van der Waals surface area contributed by atoms with Crippen LogP contribution in [0.4, 0.5) is 13.2 Å². The highest BCUT2D eigenvalue weighted by Crippen LogP contribution is 2.31. The van der Waals surface area contributed by atoms with Crippen LogP contribution in [0, 0.1) is 12.7 Å². The molecule has 1 heterocycles. The number of aryl methyl sites for hydroxylation is 1. The molecule has 0 aliphatic carbocycles. The molecule has 1 amide bonds. The Bertz CT molecular complexity index is 728. The van der Waals surface area contributed by atoms with Crippen molar-refractivity contribution in [2.24, 2.45) is 0 Å². The van der Waals surface area contributed by atoms with Crippen LogP contribution in [0.25, 0.3) is 0 Å². The van der Waals surface area contributed by atoms with Crippen LogP contribution in [-0.4, -0.2) is 19.1 Å². The zero-order valence-corrected chi connectivity index (χ0v) is 14.3. The fourth-order valence-corrected chi connectivity index (χ4v) is 3.18. The Kier molecular flexibility index (Phi) is 5.54. The molecule has 7 heteroatoms. The maximum absolute atomic E-state index is 13.9. The Morgan fingerprint density at radius 3 is 2.62 bits per heavy atom. The average molecular weight is 357 g/mol. The first-order valence-corrected chi connectivity index (χ1v) is 8.11. The minimum Gasteiger partial charge on any atom is -0.433 e. The summed E-state index contributed by atoms with van der Waals surface area (Å²) in [6, 6.07) is 7.72. The van der Waals surface area contributed by atoms with E-state index in [-0.39, 0.29) is 23.0 Å². The van der Waals surface area contributed by atoms with E-state index in [9.17, 15) is 18.0 Å². The van der Waals surface area contributed by atoms with Gasteiger partial charge in [0.25, 0.3) is 5.91 Å². The molecule has 24 heavy (non-hydrogen) atoms. The van der Waals surface area contributed by atoms with Crippen LogP contribution < -0.4 is 10.1 Å². The van der Waals surface area contributed by atoms with E-state index in [0.717, 1.165) is 11.3 Å². The Hall–Kier alpha value is -2.02. The number of hydrogen-bond acceptors (Lipinski definition) is 3. The topological polar surface area (TPSA) is 38.3 Å². The van der Waals surface area contributed by atoms with E-state index in [2.05, 4.69) is 10.1 Å². The second kappa shape index (κ2) is 7.25. The van der Waals surface area contributed by atoms with Crippen LogP contribution in [0.15, 0.2) is 30.3 Å². The number of hydrogen-bond donors (Lipinski definition) is 1. The molecule has 0 unspecified atom stereocenters. The molecule has 1 aromatic heterocycles. The highest BCUT2D eigenvalue weighted by Gasteiger charge is 2.26. The van der Waals surface area contributed by atoms with Gasteiger partial charge in [0.1, 0.15) is 16.4 Å². The van der Waals surface area contributed by atoms with Gasteiger partial charge in [0, 0.05) is 16.8 Å². The minimum absolute atomic E-state index is 0.0807. The van der Waals surface area contributed by atoms with Crippen LogP contribution in [-0.2, 0) is 5.41 Å². The molecule has 130 valence electrons. The number of thiophene rings is 1. The summed E-state index contributed by atoms with van der Waals surface area (Å²) in [6.45, 7) is 2.44. The summed E-state index contributed by atoms with van der Waals surface area (Å²) in [4.78, 5) is 13.1. The number of alkyl halides is 2. The van der Waals surface area contributed by atoms with Crippen LogP contribution in [0.5, 0.6) is 5.75 Å². The first kappa shape index (κ1) is 18.3. The molecular weight excluding hydrogens is 339 g/mol. The lowest BCUT2D eigenvalue weighted by Gasteiger charge is -2.26. The normalized spacial score (nSPS) is 11.6. The lowest BCUT2D eigenvalue weighted by atomic mass is 9.84. The van der Waals surface area contributed by atoms with Gasteiger partial charge in [0.2, 0.25) is 0 Å². The Labute approximate surface area is 142 Å². The van der Waals surface area contributed by atoms with Crippen molar-refractivity contribution in [3.8, 4) is 5.75 Å². The number of ether oxygens (including phenoxy) is 1. The zero-order chi connectivity index (χ0) is 17.9. The molecule has 0 atom stereocenters. The lowest BCUT2D eigenvalue weighted by molar-refractivity contribution is -0.0498. The largest absolute Gasteiger partial charge is 0.433 e. The maximum atomic E-state index is 13.9. The van der Waals surface area contributed by atoms with E-state index in [0.29, 0.717) is 10.4 Å². The SMILES string of the molecule is Cc1cc(OC(F)F)c(C(=O)NCC(C)(C)c2ccccc2F)s1. The van der Waals surface area contributed by atoms with Gasteiger partial charge >= 0.3 is 6.61 Å². The molecule has 0 fully saturated rings. The summed E-state index contributed by atoms with van der Waals surface area (Å²) >= 11 is 1.07. The number of carbonyl (C=O) groups excluding carboxylic acids is 1. The van der Waals surface area contributed by atoms with Gasteiger partial charge in [-0.2, -0.15) is 8.78 Å². The third-order valence-electron chi connectivity index (χ3n) is 3.54. The van der Waals surface area contributed by atoms with Crippen molar-refractivity contribution in [3.63, 3.8) is 0 Å². The maximum Gasteiger partial charge on any atom is 0.387 e. The molecule has 0 aliphatic rings. The molecule has 0 saturated carbocycles. The average Bonchev–Trinajstić information content (AvgIpc) is 2.85.